The maximum absolute atomic E-state index is 12.6. The lowest BCUT2D eigenvalue weighted by Crippen LogP contribution is -2.40. The van der Waals surface area contributed by atoms with Crippen LogP contribution in [-0.4, -0.2) is 55.0 Å². The fourth-order valence-corrected chi connectivity index (χ4v) is 3.60. The summed E-state index contributed by atoms with van der Waals surface area (Å²) in [5.41, 5.74) is 7.33. The molecule has 2 rings (SSSR count). The van der Waals surface area contributed by atoms with Gasteiger partial charge in [-0.15, -0.1) is 12.4 Å². The lowest BCUT2D eigenvalue weighted by atomic mass is 9.89. The molecule has 0 radical (unpaired) electrons. The van der Waals surface area contributed by atoms with Gasteiger partial charge in [-0.2, -0.15) is 0 Å². The molecule has 0 aromatic heterocycles. The van der Waals surface area contributed by atoms with Crippen molar-refractivity contribution < 1.29 is 4.79 Å². The molecule has 136 valence electrons. The molecule has 2 atom stereocenters. The van der Waals surface area contributed by atoms with Crippen molar-refractivity contribution in [3.63, 3.8) is 0 Å². The number of halogens is 1. The Morgan fingerprint density at radius 1 is 1.17 bits per heavy atom. The molecule has 1 heterocycles. The Morgan fingerprint density at radius 2 is 1.79 bits per heavy atom. The van der Waals surface area contributed by atoms with E-state index in [9.17, 15) is 4.79 Å². The highest BCUT2D eigenvalue weighted by Gasteiger charge is 2.34. The summed E-state index contributed by atoms with van der Waals surface area (Å²) in [6.07, 6.45) is 2.04. The first kappa shape index (κ1) is 20.9. The number of nitrogens with zero attached hydrogens (tertiary/aromatic N) is 2. The minimum absolute atomic E-state index is 0. The average Bonchev–Trinajstić information content (AvgIpc) is 2.98. The molecule has 1 aliphatic rings. The molecule has 5 heteroatoms. The number of hydrogen-bond acceptors (Lipinski definition) is 3. The Kier molecular flexibility index (Phi) is 9.34. The maximum Gasteiger partial charge on any atom is 0.236 e. The van der Waals surface area contributed by atoms with Crippen LogP contribution in [0.5, 0.6) is 0 Å². The summed E-state index contributed by atoms with van der Waals surface area (Å²) in [6.45, 7) is 9.05. The molecule has 1 aromatic rings. The van der Waals surface area contributed by atoms with E-state index in [1.165, 1.54) is 5.56 Å². The van der Waals surface area contributed by atoms with Gasteiger partial charge in [0.2, 0.25) is 5.91 Å². The van der Waals surface area contributed by atoms with Crippen LogP contribution in [0.4, 0.5) is 0 Å². The van der Waals surface area contributed by atoms with Crippen LogP contribution in [0.1, 0.15) is 38.2 Å². The van der Waals surface area contributed by atoms with E-state index in [2.05, 4.69) is 43.0 Å². The lowest BCUT2D eigenvalue weighted by molar-refractivity contribution is -0.132. The summed E-state index contributed by atoms with van der Waals surface area (Å²) in [5, 5.41) is 0. The van der Waals surface area contributed by atoms with E-state index in [0.717, 1.165) is 39.0 Å². The smallest absolute Gasteiger partial charge is 0.236 e. The number of likely N-dealkylation sites (tertiary alicyclic amines) is 1. The Hall–Kier alpha value is -1.10. The van der Waals surface area contributed by atoms with Crippen LogP contribution in [0, 0.1) is 5.92 Å². The van der Waals surface area contributed by atoms with Crippen LogP contribution in [-0.2, 0) is 4.79 Å². The normalized spacial score (nSPS) is 20.6. The molecule has 4 nitrogen and oxygen atoms in total. The highest BCUT2D eigenvalue weighted by atomic mass is 35.5. The van der Waals surface area contributed by atoms with Crippen molar-refractivity contribution in [3.8, 4) is 0 Å². The summed E-state index contributed by atoms with van der Waals surface area (Å²) < 4.78 is 0. The Morgan fingerprint density at radius 3 is 2.33 bits per heavy atom. The molecule has 0 bridgehead atoms. The summed E-state index contributed by atoms with van der Waals surface area (Å²) in [6, 6.07) is 10.6. The Balaban J connectivity index is 0.00000288. The quantitative estimate of drug-likeness (QED) is 0.781. The third-order valence-electron chi connectivity index (χ3n) is 4.75. The zero-order valence-electron chi connectivity index (χ0n) is 15.0. The van der Waals surface area contributed by atoms with Crippen molar-refractivity contribution in [2.24, 2.45) is 11.7 Å². The number of carbonyl (C=O) groups is 1. The van der Waals surface area contributed by atoms with Gasteiger partial charge in [-0.1, -0.05) is 44.2 Å². The molecule has 1 amide bonds. The second kappa shape index (κ2) is 10.7. The largest absolute Gasteiger partial charge is 0.342 e. The molecule has 1 aromatic carbocycles. The molecular weight excluding hydrogens is 322 g/mol. The van der Waals surface area contributed by atoms with Gasteiger partial charge >= 0.3 is 0 Å². The van der Waals surface area contributed by atoms with E-state index >= 15 is 0 Å². The third kappa shape index (κ3) is 5.47. The standard InChI is InChI=1S/C19H31N3O.ClH/c1-3-10-22(11-4-2)19(23)15-21-13-17(12-20)18(14-21)16-8-6-5-7-9-16;/h5-9,17-18H,3-4,10-15,20H2,1-2H3;1H/t17-,18+;/m1./s1. The first-order chi connectivity index (χ1) is 11.2. The van der Waals surface area contributed by atoms with Gasteiger partial charge in [0.15, 0.2) is 0 Å². The fourth-order valence-electron chi connectivity index (χ4n) is 3.60. The van der Waals surface area contributed by atoms with E-state index in [0.29, 0.717) is 24.9 Å². The lowest BCUT2D eigenvalue weighted by Gasteiger charge is -2.24. The Labute approximate surface area is 152 Å². The van der Waals surface area contributed by atoms with Crippen molar-refractivity contribution in [3.05, 3.63) is 35.9 Å². The third-order valence-corrected chi connectivity index (χ3v) is 4.75. The molecule has 1 aliphatic heterocycles. The van der Waals surface area contributed by atoms with Crippen molar-refractivity contribution in [1.82, 2.24) is 9.80 Å². The number of rotatable bonds is 8. The zero-order valence-corrected chi connectivity index (χ0v) is 15.8. The van der Waals surface area contributed by atoms with Crippen molar-refractivity contribution >= 4 is 18.3 Å². The minimum Gasteiger partial charge on any atom is -0.342 e. The maximum atomic E-state index is 12.6. The van der Waals surface area contributed by atoms with Gasteiger partial charge in [-0.25, -0.2) is 0 Å². The van der Waals surface area contributed by atoms with Gasteiger partial charge in [-0.3, -0.25) is 9.69 Å². The van der Waals surface area contributed by atoms with Gasteiger partial charge in [-0.05, 0) is 30.9 Å². The molecule has 2 N–H and O–H groups in total. The molecule has 24 heavy (non-hydrogen) atoms. The van der Waals surface area contributed by atoms with Crippen LogP contribution in [0.3, 0.4) is 0 Å². The van der Waals surface area contributed by atoms with Crippen molar-refractivity contribution in [2.45, 2.75) is 32.6 Å². The Bertz CT molecular complexity index is 477. The summed E-state index contributed by atoms with van der Waals surface area (Å²) >= 11 is 0. The first-order valence-electron chi connectivity index (χ1n) is 8.94. The average molecular weight is 354 g/mol. The summed E-state index contributed by atoms with van der Waals surface area (Å²) in [7, 11) is 0. The fraction of sp³-hybridized carbons (Fsp3) is 0.632. The predicted octanol–water partition coefficient (Wildman–Crippen LogP) is 2.73. The highest BCUT2D eigenvalue weighted by Crippen LogP contribution is 2.31. The van der Waals surface area contributed by atoms with Gasteiger partial charge < -0.3 is 10.6 Å². The first-order valence-corrected chi connectivity index (χ1v) is 8.94. The zero-order chi connectivity index (χ0) is 16.7. The van der Waals surface area contributed by atoms with E-state index < -0.39 is 0 Å². The van der Waals surface area contributed by atoms with Crippen molar-refractivity contribution in [1.29, 1.82) is 0 Å². The van der Waals surface area contributed by atoms with Crippen LogP contribution in [0.25, 0.3) is 0 Å². The van der Waals surface area contributed by atoms with Crippen molar-refractivity contribution in [2.75, 3.05) is 39.3 Å². The summed E-state index contributed by atoms with van der Waals surface area (Å²) in [5.74, 6) is 1.15. The van der Waals surface area contributed by atoms with E-state index in [1.54, 1.807) is 0 Å². The van der Waals surface area contributed by atoms with Gasteiger partial charge in [0, 0.05) is 32.1 Å². The number of nitrogens with two attached hydrogens (primary N) is 1. The van der Waals surface area contributed by atoms with Crippen LogP contribution >= 0.6 is 12.4 Å². The second-order valence-corrected chi connectivity index (χ2v) is 6.59. The molecule has 0 aliphatic carbocycles. The summed E-state index contributed by atoms with van der Waals surface area (Å²) in [4.78, 5) is 16.9. The van der Waals surface area contributed by atoms with E-state index in [4.69, 9.17) is 5.73 Å². The molecule has 0 spiro atoms. The monoisotopic (exact) mass is 353 g/mol. The van der Waals surface area contributed by atoms with Crippen LogP contribution in [0.2, 0.25) is 0 Å². The molecule has 1 saturated heterocycles. The minimum atomic E-state index is 0. The van der Waals surface area contributed by atoms with Gasteiger partial charge in [0.25, 0.3) is 0 Å². The number of amides is 1. The van der Waals surface area contributed by atoms with E-state index in [-0.39, 0.29) is 18.3 Å². The molecule has 0 unspecified atom stereocenters. The molecule has 0 saturated carbocycles. The van der Waals surface area contributed by atoms with Gasteiger partial charge in [0.05, 0.1) is 6.54 Å². The van der Waals surface area contributed by atoms with Gasteiger partial charge in [0.1, 0.15) is 0 Å². The predicted molar refractivity (Wildman–Crippen MR) is 103 cm³/mol. The topological polar surface area (TPSA) is 49.6 Å². The SMILES string of the molecule is CCCN(CCC)C(=O)CN1C[C@@H](CN)[C@H](c2ccccc2)C1.Cl. The number of carbonyl (C=O) groups excluding carboxylic acids is 1. The second-order valence-electron chi connectivity index (χ2n) is 6.59. The molecule has 1 fully saturated rings. The molecular formula is C19H32ClN3O. The number of benzene rings is 1. The van der Waals surface area contributed by atoms with Crippen LogP contribution < -0.4 is 5.73 Å². The number of hydrogen-bond donors (Lipinski definition) is 1. The highest BCUT2D eigenvalue weighted by molar-refractivity contribution is 5.85. The van der Waals surface area contributed by atoms with E-state index in [1.807, 2.05) is 11.0 Å². The van der Waals surface area contributed by atoms with Crippen LogP contribution in [0.15, 0.2) is 30.3 Å².